The fourth-order valence-electron chi connectivity index (χ4n) is 5.06. The Hall–Kier alpha value is -3.48. The van der Waals surface area contributed by atoms with E-state index in [0.29, 0.717) is 5.92 Å². The summed E-state index contributed by atoms with van der Waals surface area (Å²) in [7, 11) is 1.68. The van der Waals surface area contributed by atoms with Crippen molar-refractivity contribution in [3.8, 4) is 0 Å². The Kier molecular flexibility index (Phi) is 5.94. The smallest absolute Gasteiger partial charge is 0.317 e. The number of hydrogen-bond donors (Lipinski definition) is 2. The molecule has 1 saturated heterocycles. The van der Waals surface area contributed by atoms with E-state index in [-0.39, 0.29) is 17.8 Å². The first-order valence-electron chi connectivity index (χ1n) is 11.6. The Morgan fingerprint density at radius 3 is 2.70 bits per heavy atom. The van der Waals surface area contributed by atoms with Gasteiger partial charge in [0.15, 0.2) is 0 Å². The summed E-state index contributed by atoms with van der Waals surface area (Å²) in [6.45, 7) is 1.61. The van der Waals surface area contributed by atoms with Crippen LogP contribution in [0.2, 0.25) is 0 Å². The number of halogens is 1. The zero-order valence-corrected chi connectivity index (χ0v) is 18.7. The minimum atomic E-state index is -0.251. The number of amides is 2. The van der Waals surface area contributed by atoms with E-state index in [2.05, 4.69) is 27.4 Å². The first-order chi connectivity index (χ1) is 16.1. The van der Waals surface area contributed by atoms with Gasteiger partial charge in [0.05, 0.1) is 5.70 Å². The van der Waals surface area contributed by atoms with Crippen LogP contribution in [0.25, 0.3) is 22.3 Å². The van der Waals surface area contributed by atoms with Gasteiger partial charge in [-0.15, -0.1) is 0 Å². The first-order valence-corrected chi connectivity index (χ1v) is 11.6. The number of aliphatic imine (C=N–C) groups is 1. The Bertz CT molecular complexity index is 1200. The first kappa shape index (κ1) is 21.4. The van der Waals surface area contributed by atoms with Crippen LogP contribution in [-0.2, 0) is 0 Å². The van der Waals surface area contributed by atoms with E-state index in [0.717, 1.165) is 66.6 Å². The van der Waals surface area contributed by atoms with Gasteiger partial charge in [0.1, 0.15) is 11.5 Å². The number of rotatable bonds is 5. The lowest BCUT2D eigenvalue weighted by molar-refractivity contribution is 0.169. The predicted octanol–water partition coefficient (Wildman–Crippen LogP) is 5.10. The van der Waals surface area contributed by atoms with Crippen LogP contribution in [0.1, 0.15) is 36.8 Å². The fraction of sp³-hybridized carbons (Fsp3) is 0.346. The molecule has 6 nitrogen and oxygen atoms in total. The lowest BCUT2D eigenvalue weighted by Gasteiger charge is -2.32. The molecule has 2 aromatic heterocycles. The molecule has 33 heavy (non-hydrogen) atoms. The van der Waals surface area contributed by atoms with E-state index in [9.17, 15) is 9.18 Å². The molecule has 2 aliphatic rings. The van der Waals surface area contributed by atoms with Gasteiger partial charge in [-0.2, -0.15) is 0 Å². The van der Waals surface area contributed by atoms with E-state index >= 15 is 0 Å². The molecule has 1 aromatic carbocycles. The van der Waals surface area contributed by atoms with Gasteiger partial charge in [0, 0.05) is 55.6 Å². The van der Waals surface area contributed by atoms with Crippen LogP contribution in [0, 0.1) is 17.7 Å². The second-order valence-corrected chi connectivity index (χ2v) is 8.82. The zero-order chi connectivity index (χ0) is 22.8. The summed E-state index contributed by atoms with van der Waals surface area (Å²) in [5.74, 6) is 0.530. The van der Waals surface area contributed by atoms with Crippen LogP contribution in [0.5, 0.6) is 0 Å². The number of nitrogens with one attached hydrogen (secondary N) is 2. The molecular formula is C26H28FN5O. The van der Waals surface area contributed by atoms with Crippen molar-refractivity contribution >= 4 is 34.5 Å². The molecule has 0 bridgehead atoms. The molecule has 1 unspecified atom stereocenters. The number of H-pyrrole nitrogens is 1. The number of carbonyl (C=O) groups excluding carboxylic acids is 1. The Morgan fingerprint density at radius 1 is 1.15 bits per heavy atom. The van der Waals surface area contributed by atoms with Crippen molar-refractivity contribution in [3.05, 3.63) is 65.7 Å². The van der Waals surface area contributed by atoms with Crippen molar-refractivity contribution in [1.82, 2.24) is 20.2 Å². The maximum atomic E-state index is 13.6. The summed E-state index contributed by atoms with van der Waals surface area (Å²) in [6.07, 6.45) is 9.91. The van der Waals surface area contributed by atoms with E-state index < -0.39 is 0 Å². The van der Waals surface area contributed by atoms with Gasteiger partial charge in [-0.25, -0.2) is 14.2 Å². The maximum Gasteiger partial charge on any atom is 0.317 e. The number of piperidine rings is 1. The van der Waals surface area contributed by atoms with Crippen molar-refractivity contribution in [2.45, 2.75) is 25.7 Å². The van der Waals surface area contributed by atoms with Crippen molar-refractivity contribution in [2.75, 3.05) is 20.1 Å². The molecule has 7 heteroatoms. The van der Waals surface area contributed by atoms with Gasteiger partial charge in [0.25, 0.3) is 0 Å². The molecule has 0 aliphatic carbocycles. The Labute approximate surface area is 192 Å². The van der Waals surface area contributed by atoms with Gasteiger partial charge in [-0.1, -0.05) is 0 Å². The number of allylic oxidation sites excluding steroid dienone is 1. The standard InChI is InChI=1S/C26H28FN5O/c1-28-26(33)32-14-10-17(11-15-32)2-3-19-16-31-24(18-4-6-20(27)7-5-18)23(19)21-8-12-29-25-22(21)9-13-30-25/h4-9,12-13,16-17,19H,2-3,10-11,14-15H2,1H3,(H,28,33)(H,29,30). The summed E-state index contributed by atoms with van der Waals surface area (Å²) < 4.78 is 13.6. The molecule has 0 radical (unpaired) electrons. The fourth-order valence-corrected chi connectivity index (χ4v) is 5.06. The van der Waals surface area contributed by atoms with Crippen molar-refractivity contribution in [1.29, 1.82) is 0 Å². The van der Waals surface area contributed by atoms with Crippen LogP contribution >= 0.6 is 0 Å². The van der Waals surface area contributed by atoms with Crippen LogP contribution < -0.4 is 5.32 Å². The van der Waals surface area contributed by atoms with Gasteiger partial charge in [-0.05, 0) is 79.1 Å². The summed E-state index contributed by atoms with van der Waals surface area (Å²) in [5, 5.41) is 3.79. The molecule has 1 fully saturated rings. The van der Waals surface area contributed by atoms with Gasteiger partial charge in [-0.3, -0.25) is 4.99 Å². The third-order valence-corrected chi connectivity index (χ3v) is 6.88. The number of pyridine rings is 1. The van der Waals surface area contributed by atoms with Crippen LogP contribution in [-0.4, -0.2) is 47.3 Å². The van der Waals surface area contributed by atoms with Crippen molar-refractivity contribution in [3.63, 3.8) is 0 Å². The van der Waals surface area contributed by atoms with Crippen molar-refractivity contribution < 1.29 is 9.18 Å². The average molecular weight is 446 g/mol. The van der Waals surface area contributed by atoms with Crippen LogP contribution in [0.3, 0.4) is 0 Å². The number of urea groups is 1. The average Bonchev–Trinajstić information content (AvgIpc) is 3.50. The number of aromatic nitrogens is 2. The molecule has 0 spiro atoms. The van der Waals surface area contributed by atoms with Crippen LogP contribution in [0.15, 0.2) is 53.8 Å². The second-order valence-electron chi connectivity index (χ2n) is 8.82. The van der Waals surface area contributed by atoms with Gasteiger partial charge < -0.3 is 15.2 Å². The van der Waals surface area contributed by atoms with Crippen molar-refractivity contribution in [2.24, 2.45) is 16.8 Å². The number of fused-ring (bicyclic) bond motifs is 1. The predicted molar refractivity (Wildman–Crippen MR) is 129 cm³/mol. The minimum absolute atomic E-state index is 0.0127. The number of nitrogens with zero attached hydrogens (tertiary/aromatic N) is 3. The lowest BCUT2D eigenvalue weighted by atomic mass is 9.83. The molecule has 0 saturated carbocycles. The topological polar surface area (TPSA) is 73.4 Å². The highest BCUT2D eigenvalue weighted by Crippen LogP contribution is 2.42. The lowest BCUT2D eigenvalue weighted by Crippen LogP contribution is -2.43. The molecule has 170 valence electrons. The summed E-state index contributed by atoms with van der Waals surface area (Å²) >= 11 is 0. The quantitative estimate of drug-likeness (QED) is 0.573. The highest BCUT2D eigenvalue weighted by atomic mass is 19.1. The summed E-state index contributed by atoms with van der Waals surface area (Å²) in [4.78, 5) is 26.2. The third kappa shape index (κ3) is 4.27. The Morgan fingerprint density at radius 2 is 1.94 bits per heavy atom. The highest BCUT2D eigenvalue weighted by molar-refractivity contribution is 6.08. The molecular weight excluding hydrogens is 417 g/mol. The van der Waals surface area contributed by atoms with E-state index in [1.807, 2.05) is 23.5 Å². The largest absolute Gasteiger partial charge is 0.346 e. The number of carbonyl (C=O) groups is 1. The highest BCUT2D eigenvalue weighted by Gasteiger charge is 2.28. The second kappa shape index (κ2) is 9.17. The molecule has 2 N–H and O–H groups in total. The molecule has 1 atom stereocenters. The number of benzene rings is 1. The van der Waals surface area contributed by atoms with E-state index in [1.54, 1.807) is 19.2 Å². The number of likely N-dealkylation sites (tertiary alicyclic amines) is 1. The third-order valence-electron chi connectivity index (χ3n) is 6.88. The number of hydrogen-bond acceptors (Lipinski definition) is 3. The molecule has 2 amide bonds. The van der Waals surface area contributed by atoms with E-state index in [1.165, 1.54) is 17.7 Å². The molecule has 4 heterocycles. The minimum Gasteiger partial charge on any atom is -0.346 e. The zero-order valence-electron chi connectivity index (χ0n) is 18.7. The normalized spacial score (nSPS) is 19.0. The molecule has 2 aliphatic heterocycles. The summed E-state index contributed by atoms with van der Waals surface area (Å²) in [5.41, 5.74) is 4.98. The SMILES string of the molecule is CNC(=O)N1CCC(CCC2C=NC(c3ccc(F)cc3)=C2c2ccnc3[nH]ccc23)CC1. The molecule has 5 rings (SSSR count). The van der Waals surface area contributed by atoms with Gasteiger partial charge in [0.2, 0.25) is 0 Å². The summed E-state index contributed by atoms with van der Waals surface area (Å²) in [6, 6.07) is 10.7. The number of aromatic amines is 1. The van der Waals surface area contributed by atoms with E-state index in [4.69, 9.17) is 4.99 Å². The maximum absolute atomic E-state index is 13.6. The van der Waals surface area contributed by atoms with Crippen LogP contribution in [0.4, 0.5) is 9.18 Å². The van der Waals surface area contributed by atoms with Gasteiger partial charge >= 0.3 is 6.03 Å². The monoisotopic (exact) mass is 445 g/mol. The Balaban J connectivity index is 1.40. The molecule has 3 aromatic rings.